The summed E-state index contributed by atoms with van der Waals surface area (Å²) in [5.74, 6) is -0.0879. The van der Waals surface area contributed by atoms with Gasteiger partial charge in [-0.2, -0.15) is 0 Å². The molecule has 0 bridgehead atoms. The molecule has 3 rings (SSSR count). The second-order valence-corrected chi connectivity index (χ2v) is 6.81. The summed E-state index contributed by atoms with van der Waals surface area (Å²) in [6.45, 7) is 1.79. The number of nitrogens with zero attached hydrogens (tertiary/aromatic N) is 2. The molecule has 0 radical (unpaired) electrons. The third kappa shape index (κ3) is 4.59. The van der Waals surface area contributed by atoms with Crippen LogP contribution >= 0.6 is 0 Å². The maximum atomic E-state index is 12.6. The Bertz CT molecular complexity index is 990. The molecule has 30 heavy (non-hydrogen) atoms. The summed E-state index contributed by atoms with van der Waals surface area (Å²) in [5, 5.41) is 13.7. The highest BCUT2D eigenvalue weighted by Crippen LogP contribution is 2.32. The number of amides is 1. The van der Waals surface area contributed by atoms with Gasteiger partial charge in [-0.1, -0.05) is 6.07 Å². The van der Waals surface area contributed by atoms with Crippen molar-refractivity contribution in [1.82, 2.24) is 5.32 Å². The zero-order chi connectivity index (χ0) is 21.8. The minimum atomic E-state index is -1.10. The number of esters is 1. The van der Waals surface area contributed by atoms with E-state index in [1.807, 2.05) is 0 Å². The van der Waals surface area contributed by atoms with E-state index in [4.69, 9.17) is 14.2 Å². The number of non-ortho nitro benzene ring substituents is 1. The van der Waals surface area contributed by atoms with E-state index in [1.165, 1.54) is 19.1 Å². The molecule has 0 saturated carbocycles. The minimum Gasteiger partial charge on any atom is -0.454 e. The number of benzene rings is 2. The molecule has 158 valence electrons. The van der Waals surface area contributed by atoms with Crippen molar-refractivity contribution in [2.75, 3.05) is 25.8 Å². The predicted octanol–water partition coefficient (Wildman–Crippen LogP) is 2.25. The van der Waals surface area contributed by atoms with Gasteiger partial charge in [-0.3, -0.25) is 14.9 Å². The highest BCUT2D eigenvalue weighted by atomic mass is 16.7. The van der Waals surface area contributed by atoms with E-state index in [1.54, 1.807) is 37.2 Å². The van der Waals surface area contributed by atoms with Crippen LogP contribution in [0.2, 0.25) is 0 Å². The molecule has 0 fully saturated rings. The molecule has 2 aromatic rings. The molecule has 10 heteroatoms. The number of nitro groups is 1. The number of anilines is 1. The van der Waals surface area contributed by atoms with E-state index in [2.05, 4.69) is 5.32 Å². The first kappa shape index (κ1) is 20.9. The van der Waals surface area contributed by atoms with Gasteiger partial charge in [0.15, 0.2) is 17.6 Å². The van der Waals surface area contributed by atoms with Crippen LogP contribution in [0.15, 0.2) is 36.4 Å². The molecule has 1 aliphatic heterocycles. The van der Waals surface area contributed by atoms with Crippen molar-refractivity contribution in [1.29, 1.82) is 0 Å². The summed E-state index contributed by atoms with van der Waals surface area (Å²) >= 11 is 0. The standard InChI is InChI=1S/C20H21N3O7/c1-12(19(24)21-10-13-4-7-17-18(8-13)29-11-28-17)30-20(25)15-9-14(23(26)27)5-6-16(15)22(2)3/h4-9,12H,10-11H2,1-3H3,(H,21,24)/t12-/m1/s1. The lowest BCUT2D eigenvalue weighted by atomic mass is 10.1. The van der Waals surface area contributed by atoms with Gasteiger partial charge in [0.1, 0.15) is 0 Å². The number of ether oxygens (including phenoxy) is 3. The molecule has 0 saturated heterocycles. The topological polar surface area (TPSA) is 120 Å². The second-order valence-electron chi connectivity index (χ2n) is 6.81. The first-order valence-corrected chi connectivity index (χ1v) is 9.09. The van der Waals surface area contributed by atoms with Crippen LogP contribution in [0.3, 0.4) is 0 Å². The zero-order valence-electron chi connectivity index (χ0n) is 16.7. The largest absolute Gasteiger partial charge is 0.454 e. The predicted molar refractivity (Wildman–Crippen MR) is 107 cm³/mol. The maximum absolute atomic E-state index is 12.6. The Morgan fingerprint density at radius 3 is 2.63 bits per heavy atom. The Kier molecular flexibility index (Phi) is 6.05. The summed E-state index contributed by atoms with van der Waals surface area (Å²) in [6.07, 6.45) is -1.10. The quantitative estimate of drug-likeness (QED) is 0.415. The Hall–Kier alpha value is -3.82. The molecular formula is C20H21N3O7. The van der Waals surface area contributed by atoms with Crippen molar-refractivity contribution in [3.05, 3.63) is 57.6 Å². The molecule has 0 aliphatic carbocycles. The lowest BCUT2D eigenvalue weighted by Crippen LogP contribution is -2.35. The van der Waals surface area contributed by atoms with E-state index in [-0.39, 0.29) is 24.6 Å². The van der Waals surface area contributed by atoms with Gasteiger partial charge in [-0.15, -0.1) is 0 Å². The molecule has 0 spiro atoms. The molecule has 2 aromatic carbocycles. The van der Waals surface area contributed by atoms with Gasteiger partial charge in [-0.25, -0.2) is 4.79 Å². The number of hydrogen-bond donors (Lipinski definition) is 1. The molecule has 0 aromatic heterocycles. The third-order valence-corrected chi connectivity index (χ3v) is 4.45. The Labute approximate surface area is 172 Å². The number of carbonyl (C=O) groups is 2. The first-order chi connectivity index (χ1) is 14.3. The summed E-state index contributed by atoms with van der Waals surface area (Å²) in [7, 11) is 3.39. The number of nitro benzene ring substituents is 1. The van der Waals surface area contributed by atoms with Gasteiger partial charge in [0.25, 0.3) is 11.6 Å². The highest BCUT2D eigenvalue weighted by Gasteiger charge is 2.24. The van der Waals surface area contributed by atoms with Crippen LogP contribution in [0, 0.1) is 10.1 Å². The first-order valence-electron chi connectivity index (χ1n) is 9.09. The van der Waals surface area contributed by atoms with Gasteiger partial charge < -0.3 is 24.4 Å². The lowest BCUT2D eigenvalue weighted by Gasteiger charge is -2.18. The van der Waals surface area contributed by atoms with Crippen LogP contribution in [0.4, 0.5) is 11.4 Å². The lowest BCUT2D eigenvalue weighted by molar-refractivity contribution is -0.384. The highest BCUT2D eigenvalue weighted by molar-refractivity contribution is 5.98. The van der Waals surface area contributed by atoms with Crippen LogP contribution in [0.1, 0.15) is 22.8 Å². The molecule has 1 heterocycles. The van der Waals surface area contributed by atoms with Crippen LogP contribution in [-0.4, -0.2) is 43.8 Å². The SMILES string of the molecule is C[C@@H](OC(=O)c1cc([N+](=O)[O-])ccc1N(C)C)C(=O)NCc1ccc2c(c1)OCO2. The fourth-order valence-corrected chi connectivity index (χ4v) is 2.85. The molecule has 1 atom stereocenters. The number of hydrogen-bond acceptors (Lipinski definition) is 8. The number of fused-ring (bicyclic) bond motifs is 1. The zero-order valence-corrected chi connectivity index (χ0v) is 16.7. The van der Waals surface area contributed by atoms with Crippen molar-refractivity contribution >= 4 is 23.3 Å². The number of nitrogens with one attached hydrogen (secondary N) is 1. The average molecular weight is 415 g/mol. The van der Waals surface area contributed by atoms with E-state index in [9.17, 15) is 19.7 Å². The molecular weight excluding hydrogens is 394 g/mol. The van der Waals surface area contributed by atoms with Gasteiger partial charge in [0.05, 0.1) is 16.2 Å². The molecule has 0 unspecified atom stereocenters. The molecule has 1 aliphatic rings. The summed E-state index contributed by atoms with van der Waals surface area (Å²) in [5.41, 5.74) is 0.996. The van der Waals surface area contributed by atoms with Crippen LogP contribution in [-0.2, 0) is 16.1 Å². The van der Waals surface area contributed by atoms with Crippen LogP contribution in [0.25, 0.3) is 0 Å². The number of rotatable bonds is 7. The van der Waals surface area contributed by atoms with Gasteiger partial charge >= 0.3 is 5.97 Å². The molecule has 1 N–H and O–H groups in total. The Balaban J connectivity index is 1.64. The van der Waals surface area contributed by atoms with E-state index in [0.717, 1.165) is 11.6 Å². The fourth-order valence-electron chi connectivity index (χ4n) is 2.85. The average Bonchev–Trinajstić information content (AvgIpc) is 3.19. The van der Waals surface area contributed by atoms with Crippen molar-refractivity contribution in [2.45, 2.75) is 19.6 Å². The van der Waals surface area contributed by atoms with Gasteiger partial charge in [0, 0.05) is 32.8 Å². The van der Waals surface area contributed by atoms with Crippen molar-refractivity contribution in [2.24, 2.45) is 0 Å². The smallest absolute Gasteiger partial charge is 0.341 e. The van der Waals surface area contributed by atoms with Gasteiger partial charge in [0.2, 0.25) is 6.79 Å². The monoisotopic (exact) mass is 415 g/mol. The molecule has 1 amide bonds. The maximum Gasteiger partial charge on any atom is 0.341 e. The third-order valence-electron chi connectivity index (χ3n) is 4.45. The van der Waals surface area contributed by atoms with Crippen molar-refractivity contribution in [3.8, 4) is 11.5 Å². The van der Waals surface area contributed by atoms with Crippen LogP contribution in [0.5, 0.6) is 11.5 Å². The van der Waals surface area contributed by atoms with Crippen molar-refractivity contribution in [3.63, 3.8) is 0 Å². The Morgan fingerprint density at radius 2 is 1.93 bits per heavy atom. The van der Waals surface area contributed by atoms with E-state index >= 15 is 0 Å². The fraction of sp³-hybridized carbons (Fsp3) is 0.300. The second kappa shape index (κ2) is 8.68. The summed E-state index contributed by atoms with van der Waals surface area (Å²) in [6, 6.07) is 9.18. The van der Waals surface area contributed by atoms with Crippen molar-refractivity contribution < 1.29 is 28.7 Å². The van der Waals surface area contributed by atoms with E-state index < -0.39 is 22.9 Å². The Morgan fingerprint density at radius 1 is 1.20 bits per heavy atom. The van der Waals surface area contributed by atoms with Gasteiger partial charge in [-0.05, 0) is 30.7 Å². The number of carbonyl (C=O) groups excluding carboxylic acids is 2. The van der Waals surface area contributed by atoms with Crippen LogP contribution < -0.4 is 19.7 Å². The molecule has 10 nitrogen and oxygen atoms in total. The summed E-state index contributed by atoms with van der Waals surface area (Å²) < 4.78 is 15.8. The van der Waals surface area contributed by atoms with E-state index in [0.29, 0.717) is 17.2 Å². The normalized spacial score (nSPS) is 12.8. The summed E-state index contributed by atoms with van der Waals surface area (Å²) in [4.78, 5) is 37.0. The minimum absolute atomic E-state index is 0.00428.